The van der Waals surface area contributed by atoms with E-state index in [4.69, 9.17) is 0 Å². The maximum absolute atomic E-state index is 13.0. The molecule has 0 aliphatic carbocycles. The van der Waals surface area contributed by atoms with Gasteiger partial charge in [0.1, 0.15) is 5.82 Å². The van der Waals surface area contributed by atoms with Crippen LogP contribution in [0.15, 0.2) is 24.3 Å². The molecule has 21 heavy (non-hydrogen) atoms. The van der Waals surface area contributed by atoms with Gasteiger partial charge in [0.15, 0.2) is 0 Å². The molecule has 2 aliphatic rings. The Hall–Kier alpha value is -1.13. The van der Waals surface area contributed by atoms with Crippen LogP contribution in [0, 0.1) is 11.7 Å². The molecule has 2 saturated heterocycles. The van der Waals surface area contributed by atoms with E-state index in [-0.39, 0.29) is 5.82 Å². The molecule has 116 valence electrons. The topological polar surface area (TPSA) is 9.72 Å². The number of hydrogen-bond donors (Lipinski definition) is 0. The van der Waals surface area contributed by atoms with Crippen LogP contribution in [0.25, 0.3) is 0 Å². The van der Waals surface area contributed by atoms with E-state index in [2.05, 4.69) is 28.5 Å². The molecule has 3 rings (SSSR count). The number of anilines is 1. The fraction of sp³-hybridized carbons (Fsp3) is 0.647. The van der Waals surface area contributed by atoms with Gasteiger partial charge >= 0.3 is 0 Å². The smallest absolute Gasteiger partial charge is 0.123 e. The van der Waals surface area contributed by atoms with Crippen LogP contribution in [0.5, 0.6) is 0 Å². The Bertz CT molecular complexity index is 446. The van der Waals surface area contributed by atoms with Crippen molar-refractivity contribution in [3.8, 4) is 0 Å². The second-order valence-electron chi connectivity index (χ2n) is 6.77. The van der Waals surface area contributed by atoms with Crippen LogP contribution in [0.2, 0.25) is 0 Å². The zero-order valence-corrected chi connectivity index (χ0v) is 13.1. The highest BCUT2D eigenvalue weighted by molar-refractivity contribution is 5.46. The molecule has 0 amide bonds. The van der Waals surface area contributed by atoms with Crippen LogP contribution in [0.3, 0.4) is 0 Å². The van der Waals surface area contributed by atoms with Crippen LogP contribution in [0.4, 0.5) is 10.1 Å². The van der Waals surface area contributed by atoms with Crippen molar-refractivity contribution in [2.75, 3.05) is 50.7 Å². The van der Waals surface area contributed by atoms with Crippen molar-refractivity contribution < 1.29 is 4.39 Å². The minimum Gasteiger partial charge on any atom is -0.369 e. The highest BCUT2D eigenvalue weighted by Crippen LogP contribution is 2.21. The lowest BCUT2D eigenvalue weighted by molar-refractivity contribution is 0.0240. The number of nitrogens with zero attached hydrogens (tertiary/aromatic N) is 3. The first-order valence-electron chi connectivity index (χ1n) is 8.09. The summed E-state index contributed by atoms with van der Waals surface area (Å²) < 4.78 is 13.0. The van der Waals surface area contributed by atoms with Crippen molar-refractivity contribution >= 4 is 5.69 Å². The minimum absolute atomic E-state index is 0.155. The van der Waals surface area contributed by atoms with Gasteiger partial charge in [0.25, 0.3) is 0 Å². The average molecular weight is 291 g/mol. The third-order valence-corrected chi connectivity index (χ3v) is 4.58. The van der Waals surface area contributed by atoms with Gasteiger partial charge in [-0.1, -0.05) is 13.8 Å². The standard InChI is InChI=1S/C17H26FN3/c1-14(2)11-19-12-17(13-19)21-9-7-20(8-10-21)16-5-3-15(18)4-6-16/h3-6,14,17H,7-13H2,1-2H3. The van der Waals surface area contributed by atoms with E-state index in [1.54, 1.807) is 12.1 Å². The first-order valence-corrected chi connectivity index (χ1v) is 8.09. The van der Waals surface area contributed by atoms with Crippen molar-refractivity contribution in [2.24, 2.45) is 5.92 Å². The van der Waals surface area contributed by atoms with Gasteiger partial charge < -0.3 is 4.90 Å². The van der Waals surface area contributed by atoms with Gasteiger partial charge in [-0.2, -0.15) is 0 Å². The zero-order chi connectivity index (χ0) is 14.8. The van der Waals surface area contributed by atoms with E-state index in [1.807, 2.05) is 12.1 Å². The number of hydrogen-bond acceptors (Lipinski definition) is 3. The second kappa shape index (κ2) is 6.32. The van der Waals surface area contributed by atoms with E-state index in [1.165, 1.54) is 19.6 Å². The Morgan fingerprint density at radius 1 is 1.05 bits per heavy atom. The molecule has 0 atom stereocenters. The van der Waals surface area contributed by atoms with Gasteiger partial charge in [0.05, 0.1) is 0 Å². The third kappa shape index (κ3) is 3.55. The summed E-state index contributed by atoms with van der Waals surface area (Å²) in [5.41, 5.74) is 1.14. The van der Waals surface area contributed by atoms with Gasteiger partial charge in [-0.3, -0.25) is 9.80 Å². The summed E-state index contributed by atoms with van der Waals surface area (Å²) >= 11 is 0. The Labute approximate surface area is 127 Å². The van der Waals surface area contributed by atoms with Crippen molar-refractivity contribution in [1.82, 2.24) is 9.80 Å². The second-order valence-corrected chi connectivity index (χ2v) is 6.77. The number of piperazine rings is 1. The number of benzene rings is 1. The highest BCUT2D eigenvalue weighted by atomic mass is 19.1. The zero-order valence-electron chi connectivity index (χ0n) is 13.1. The van der Waals surface area contributed by atoms with Crippen molar-refractivity contribution in [3.63, 3.8) is 0 Å². The van der Waals surface area contributed by atoms with E-state index < -0.39 is 0 Å². The predicted octanol–water partition coefficient (Wildman–Crippen LogP) is 2.29. The van der Waals surface area contributed by atoms with Gasteiger partial charge in [0.2, 0.25) is 0 Å². The number of halogens is 1. The largest absolute Gasteiger partial charge is 0.369 e. The lowest BCUT2D eigenvalue weighted by Gasteiger charge is -2.49. The third-order valence-electron chi connectivity index (χ3n) is 4.58. The Morgan fingerprint density at radius 2 is 1.67 bits per heavy atom. The van der Waals surface area contributed by atoms with Gasteiger partial charge in [-0.05, 0) is 30.2 Å². The first kappa shape index (κ1) is 14.8. The fourth-order valence-electron chi connectivity index (χ4n) is 3.44. The summed E-state index contributed by atoms with van der Waals surface area (Å²) in [4.78, 5) is 7.54. The van der Waals surface area contributed by atoms with Crippen LogP contribution in [-0.2, 0) is 0 Å². The molecule has 2 fully saturated rings. The molecule has 3 nitrogen and oxygen atoms in total. The first-order chi connectivity index (χ1) is 10.1. The molecule has 4 heteroatoms. The fourth-order valence-corrected chi connectivity index (χ4v) is 3.44. The molecule has 2 aliphatic heterocycles. The quantitative estimate of drug-likeness (QED) is 0.843. The maximum Gasteiger partial charge on any atom is 0.123 e. The Morgan fingerprint density at radius 3 is 2.24 bits per heavy atom. The maximum atomic E-state index is 13.0. The molecular weight excluding hydrogens is 265 g/mol. The van der Waals surface area contributed by atoms with Crippen LogP contribution in [-0.4, -0.2) is 61.7 Å². The van der Waals surface area contributed by atoms with Crippen molar-refractivity contribution in [1.29, 1.82) is 0 Å². The average Bonchev–Trinajstić information content (AvgIpc) is 2.43. The summed E-state index contributed by atoms with van der Waals surface area (Å²) in [5, 5.41) is 0. The van der Waals surface area contributed by atoms with E-state index in [0.29, 0.717) is 0 Å². The summed E-state index contributed by atoms with van der Waals surface area (Å²) in [5.74, 6) is 0.610. The van der Waals surface area contributed by atoms with Gasteiger partial charge in [-0.25, -0.2) is 4.39 Å². The molecule has 0 spiro atoms. The van der Waals surface area contributed by atoms with Crippen molar-refractivity contribution in [3.05, 3.63) is 30.1 Å². The van der Waals surface area contributed by atoms with Crippen LogP contribution >= 0.6 is 0 Å². The summed E-state index contributed by atoms with van der Waals surface area (Å²) in [6.07, 6.45) is 0. The summed E-state index contributed by atoms with van der Waals surface area (Å²) in [6, 6.07) is 7.63. The number of likely N-dealkylation sites (tertiary alicyclic amines) is 1. The SMILES string of the molecule is CC(C)CN1CC(N2CCN(c3ccc(F)cc3)CC2)C1. The monoisotopic (exact) mass is 291 g/mol. The van der Waals surface area contributed by atoms with E-state index in [0.717, 1.165) is 43.8 Å². The van der Waals surface area contributed by atoms with E-state index >= 15 is 0 Å². The number of rotatable bonds is 4. The predicted molar refractivity (Wildman–Crippen MR) is 85.3 cm³/mol. The molecule has 0 aromatic heterocycles. The van der Waals surface area contributed by atoms with Crippen LogP contribution in [0.1, 0.15) is 13.8 Å². The molecular formula is C17H26FN3. The lowest BCUT2D eigenvalue weighted by atomic mass is 10.0. The van der Waals surface area contributed by atoms with Crippen LogP contribution < -0.4 is 4.90 Å². The molecule has 0 saturated carbocycles. The summed E-state index contributed by atoms with van der Waals surface area (Å²) in [7, 11) is 0. The highest BCUT2D eigenvalue weighted by Gasteiger charge is 2.33. The molecule has 0 N–H and O–H groups in total. The molecule has 0 unspecified atom stereocenters. The Kier molecular flexibility index (Phi) is 4.45. The molecule has 2 heterocycles. The van der Waals surface area contributed by atoms with Gasteiger partial charge in [-0.15, -0.1) is 0 Å². The molecule has 0 radical (unpaired) electrons. The lowest BCUT2D eigenvalue weighted by Crippen LogP contribution is -2.63. The van der Waals surface area contributed by atoms with Crippen molar-refractivity contribution in [2.45, 2.75) is 19.9 Å². The summed E-state index contributed by atoms with van der Waals surface area (Å²) in [6.45, 7) is 12.6. The minimum atomic E-state index is -0.155. The molecule has 0 bridgehead atoms. The normalized spacial score (nSPS) is 21.8. The molecule has 1 aromatic rings. The Balaban J connectivity index is 1.45. The molecule has 1 aromatic carbocycles. The van der Waals surface area contributed by atoms with E-state index in [9.17, 15) is 4.39 Å². The van der Waals surface area contributed by atoms with Gasteiger partial charge in [0, 0.05) is 57.5 Å².